The number of nitrogens with zero attached hydrogens (tertiary/aromatic N) is 3. The van der Waals surface area contributed by atoms with Crippen molar-refractivity contribution in [2.75, 3.05) is 212 Å². The molecule has 3 aliphatic rings. The number of imide groups is 1. The maximum atomic E-state index is 15.1. The fourth-order valence-electron chi connectivity index (χ4n) is 16.8. The molecule has 0 spiro atoms. The van der Waals surface area contributed by atoms with Crippen LogP contribution in [-0.2, 0) is 135 Å². The summed E-state index contributed by atoms with van der Waals surface area (Å²) in [6, 6.07) is 8.36. The van der Waals surface area contributed by atoms with Gasteiger partial charge >= 0.3 is 12.1 Å². The molecule has 11 N–H and O–H groups in total. The van der Waals surface area contributed by atoms with Crippen LogP contribution in [-0.4, -0.2) is 385 Å². The first-order valence-corrected chi connectivity index (χ1v) is 48.7. The maximum absolute atomic E-state index is 15.1. The van der Waals surface area contributed by atoms with Crippen LogP contribution in [0.1, 0.15) is 150 Å². The normalized spacial score (nSPS) is 19.4. The molecule has 2 aromatic rings. The molecular weight excluding hydrogens is 1830 g/mol. The third-order valence-corrected chi connectivity index (χ3v) is 24.8. The number of likely N-dealkylation sites (N-methyl/N-ethyl adjacent to an activating group) is 2. The zero-order valence-corrected chi connectivity index (χ0v) is 83.9. The van der Waals surface area contributed by atoms with Crippen molar-refractivity contribution in [2.24, 2.45) is 53.1 Å². The Morgan fingerprint density at radius 3 is 1.60 bits per heavy atom. The van der Waals surface area contributed by atoms with E-state index in [-0.39, 0.29) is 123 Å². The average Bonchev–Trinajstić information content (AvgIpc) is 1.05. The largest absolute Gasteiger partial charge is 0.479 e. The highest BCUT2D eigenvalue weighted by atomic mass is 16.7. The molecule has 140 heavy (non-hydrogen) atoms. The van der Waals surface area contributed by atoms with Crippen LogP contribution in [0, 0.1) is 47.3 Å². The number of ketones is 3. The number of aliphatic hydroxyl groups excluding tert-OH is 4. The van der Waals surface area contributed by atoms with Crippen molar-refractivity contribution < 1.29 is 164 Å². The zero-order valence-electron chi connectivity index (χ0n) is 83.9. The molecule has 0 aromatic heterocycles. The van der Waals surface area contributed by atoms with Crippen LogP contribution in [0.5, 0.6) is 5.75 Å². The number of ether oxygens (including phenoxy) is 17. The van der Waals surface area contributed by atoms with Crippen LogP contribution in [0.3, 0.4) is 0 Å². The summed E-state index contributed by atoms with van der Waals surface area (Å²) in [5, 5.41) is 63.7. The topological polar surface area (TPSA) is 547 Å². The second kappa shape index (κ2) is 68.6. The van der Waals surface area contributed by atoms with Gasteiger partial charge in [-0.3, -0.25) is 52.8 Å². The zero-order chi connectivity index (χ0) is 103. The minimum atomic E-state index is -2.10. The van der Waals surface area contributed by atoms with Gasteiger partial charge < -0.3 is 143 Å². The van der Waals surface area contributed by atoms with Crippen molar-refractivity contribution in [3.63, 3.8) is 0 Å². The van der Waals surface area contributed by atoms with Gasteiger partial charge in [0.1, 0.15) is 54.3 Å². The van der Waals surface area contributed by atoms with E-state index in [4.69, 9.17) is 86.3 Å². The minimum absolute atomic E-state index is 0.0199. The Hall–Kier alpha value is -8.58. The number of rotatable bonds is 78. The summed E-state index contributed by atoms with van der Waals surface area (Å²) in [4.78, 5) is 168. The highest BCUT2D eigenvalue weighted by molar-refractivity contribution is 6.15. The molecule has 794 valence electrons. The third-order valence-electron chi connectivity index (χ3n) is 24.8. The van der Waals surface area contributed by atoms with E-state index in [1.165, 1.54) is 32.4 Å². The molecule has 8 amide bonds. The highest BCUT2D eigenvalue weighted by Gasteiger charge is 2.50. The van der Waals surface area contributed by atoms with Gasteiger partial charge in [0.05, 0.1) is 188 Å². The Morgan fingerprint density at radius 2 is 1.11 bits per heavy atom. The van der Waals surface area contributed by atoms with Crippen LogP contribution in [0.15, 0.2) is 60.7 Å². The predicted molar refractivity (Wildman–Crippen MR) is 508 cm³/mol. The van der Waals surface area contributed by atoms with Crippen LogP contribution in [0.25, 0.3) is 0 Å². The van der Waals surface area contributed by atoms with E-state index in [1.807, 2.05) is 71.9 Å². The lowest BCUT2D eigenvalue weighted by atomic mass is 9.77. The Kier molecular flexibility index (Phi) is 59.7. The number of Topliss-reactive ketones (excluding diaryl/α,β-unsaturated/α-hetero) is 3. The quantitative estimate of drug-likeness (QED) is 0.0333. The van der Waals surface area contributed by atoms with E-state index in [1.54, 1.807) is 40.0 Å². The SMILES string of the molecule is CC[C@H](C)[C@@H]([C@@H](CC(=O)C1CCCC1[C@H](OC)[C@@H](C)C(=O)C[C@H](C)[C@@H](O)c1ccccc1)OC)N(C)C(=O)[C@@H](CC(=O)[C@H](C(C)C)N(C)C(=O)OCc1ccc(O[C@@H]2O[C@H](C(=O)O)[C@@H](O)[C@H](O)[C@H]2O)c(NC(=O)CCNC(=O)[C@H](CCCCNC(=O)CCOCCOCCOCCOCCOCCOCCOCCOCCOCCOCCOCCOC)NC(=O)[C@H](CN)N2C(=O)C=CC2=O)c1)C(C)C. The van der Waals surface area contributed by atoms with Crippen molar-refractivity contribution in [1.82, 2.24) is 30.7 Å². The smallest absolute Gasteiger partial charge is 0.410 e. The number of carboxylic acid groups (broad SMARTS) is 1. The summed E-state index contributed by atoms with van der Waals surface area (Å²) >= 11 is 0. The van der Waals surface area contributed by atoms with E-state index in [2.05, 4.69) is 21.3 Å². The number of methoxy groups -OCH3 is 3. The van der Waals surface area contributed by atoms with Crippen LogP contribution in [0.2, 0.25) is 0 Å². The number of anilines is 1. The number of hydrogen-bond acceptors (Lipinski definition) is 34. The van der Waals surface area contributed by atoms with Gasteiger partial charge in [-0.1, -0.05) is 105 Å². The molecule has 1 saturated heterocycles. The molecule has 2 fully saturated rings. The molecule has 2 heterocycles. The van der Waals surface area contributed by atoms with E-state index < -0.39 is 176 Å². The summed E-state index contributed by atoms with van der Waals surface area (Å²) in [7, 11) is 7.67. The maximum Gasteiger partial charge on any atom is 0.410 e. The first kappa shape index (κ1) is 122. The summed E-state index contributed by atoms with van der Waals surface area (Å²) < 4.78 is 94.7. The molecular formula is C98H158N8O34. The van der Waals surface area contributed by atoms with Gasteiger partial charge in [-0.05, 0) is 85.0 Å². The number of unbranched alkanes of at least 4 members (excludes halogenated alkanes) is 1. The van der Waals surface area contributed by atoms with E-state index in [0.29, 0.717) is 168 Å². The number of hydrogen-bond donors (Lipinski definition) is 10. The summed E-state index contributed by atoms with van der Waals surface area (Å²) in [6.45, 7) is 22.6. The molecule has 2 unspecified atom stereocenters. The van der Waals surface area contributed by atoms with Crippen molar-refractivity contribution in [2.45, 2.75) is 212 Å². The van der Waals surface area contributed by atoms with Gasteiger partial charge in [0.2, 0.25) is 35.8 Å². The fraction of sp³-hybridized carbons (Fsp3) is 0.735. The fourth-order valence-corrected chi connectivity index (χ4v) is 16.8. The van der Waals surface area contributed by atoms with Crippen LogP contribution >= 0.6 is 0 Å². The Bertz CT molecular complexity index is 4010. The average molecular weight is 1990 g/mol. The number of carbonyl (C=O) groups excluding carboxylic acids is 11. The molecule has 1 aliphatic carbocycles. The van der Waals surface area contributed by atoms with Crippen molar-refractivity contribution in [3.05, 3.63) is 71.8 Å². The lowest BCUT2D eigenvalue weighted by molar-refractivity contribution is -0.271. The van der Waals surface area contributed by atoms with Gasteiger partial charge in [0.15, 0.2) is 11.9 Å². The highest BCUT2D eigenvalue weighted by Crippen LogP contribution is 2.42. The number of nitrogens with two attached hydrogens (primary N) is 1. The van der Waals surface area contributed by atoms with Crippen molar-refractivity contribution >= 4 is 76.4 Å². The number of benzene rings is 2. The molecule has 18 atom stereocenters. The second-order valence-corrected chi connectivity index (χ2v) is 35.6. The summed E-state index contributed by atoms with van der Waals surface area (Å²) in [5.74, 6) is -11.3. The summed E-state index contributed by atoms with van der Waals surface area (Å²) in [6.07, 6.45) is -9.34. The number of carbonyl (C=O) groups is 12. The number of carboxylic acids is 1. The number of aliphatic hydroxyl groups is 4. The van der Waals surface area contributed by atoms with Crippen LogP contribution in [0.4, 0.5) is 10.5 Å². The van der Waals surface area contributed by atoms with Gasteiger partial charge in [-0.25, -0.2) is 9.59 Å². The van der Waals surface area contributed by atoms with E-state index in [9.17, 15) is 78.3 Å². The molecule has 1 saturated carbocycles. The molecule has 5 rings (SSSR count). The summed E-state index contributed by atoms with van der Waals surface area (Å²) in [5.41, 5.74) is 6.57. The monoisotopic (exact) mass is 1990 g/mol. The Morgan fingerprint density at radius 1 is 0.571 bits per heavy atom. The molecule has 0 radical (unpaired) electrons. The van der Waals surface area contributed by atoms with Gasteiger partial charge in [-0.2, -0.15) is 0 Å². The number of amides is 8. The molecule has 0 bridgehead atoms. The van der Waals surface area contributed by atoms with Crippen LogP contribution < -0.4 is 31.7 Å². The standard InChI is InChI=1S/C98H158N8O34/c1-14-65(6)86(80(125-12)60-77(108)70-23-20-24-71(70)91(126-13)67(8)76(107)57-66(7)87(114)69-21-16-15-17-22-69)104(9)95(120)72(63(2)3)59-78(109)85(64(4)5)105(10)98(123)138-62-68-26-27-79(139-97-90(117)88(115)89(116)92(140-97)96(121)122)74(58-68)102-82(111)30-33-101-93(118)73(103-94(119)75(61-99)106-83(112)28-29-84(106)113)25-18-19-32-100-81(110)31-34-127-37-38-129-41-42-131-45-46-133-49-50-135-53-54-137-56-55-136-52-51-134-48-47-132-44-43-130-40-39-128-36-35-124-11/h15-17,21-22,26-29,58,63-67,70-73,75,80,85-92,97,114-117H,14,18-20,23-25,30-57,59-62,99H2,1-13H3,(H,100,110)(H,101,118)(H,102,111)(H,103,119)(H,121,122)/t65-,66-,67-,70?,71?,72-,73-,75-,80+,85-,86-,87+,88-,89-,90+,91+,92-,97+/m0/s1. The first-order chi connectivity index (χ1) is 67.2. The van der Waals surface area contributed by atoms with Crippen molar-refractivity contribution in [1.29, 1.82) is 0 Å². The first-order valence-electron chi connectivity index (χ1n) is 48.7. The molecule has 42 heteroatoms. The lowest BCUT2D eigenvalue weighted by Crippen LogP contribution is -2.61. The third kappa shape index (κ3) is 42.8. The lowest BCUT2D eigenvalue weighted by Gasteiger charge is -2.40. The molecule has 42 nitrogen and oxygen atoms in total. The molecule has 2 aliphatic heterocycles. The number of aliphatic carboxylic acids is 1. The number of nitrogens with one attached hydrogen (secondary N) is 4. The van der Waals surface area contributed by atoms with Crippen molar-refractivity contribution in [3.8, 4) is 5.75 Å². The minimum Gasteiger partial charge on any atom is -0.479 e. The van der Waals surface area contributed by atoms with Gasteiger partial charge in [0, 0.05) is 117 Å². The van der Waals surface area contributed by atoms with Gasteiger partial charge in [-0.15, -0.1) is 0 Å². The predicted octanol–water partition coefficient (Wildman–Crippen LogP) is 3.71. The Balaban J connectivity index is 1.10. The Labute approximate surface area is 822 Å². The van der Waals surface area contributed by atoms with E-state index in [0.717, 1.165) is 23.5 Å². The second-order valence-electron chi connectivity index (χ2n) is 35.6. The van der Waals surface area contributed by atoms with Gasteiger partial charge in [0.25, 0.3) is 11.8 Å². The van der Waals surface area contributed by atoms with E-state index >= 15 is 4.79 Å². The molecule has 2 aromatic carbocycles.